The van der Waals surface area contributed by atoms with Crippen molar-refractivity contribution in [1.82, 2.24) is 0 Å². The molecule has 5 heteroatoms. The fourth-order valence-electron chi connectivity index (χ4n) is 0.570. The van der Waals surface area contributed by atoms with Gasteiger partial charge in [-0.25, -0.2) is 0 Å². The van der Waals surface area contributed by atoms with Gasteiger partial charge < -0.3 is 20.1 Å². The van der Waals surface area contributed by atoms with Crippen molar-refractivity contribution in [3.8, 4) is 0 Å². The molecular formula is C10H22O5. The van der Waals surface area contributed by atoms with E-state index in [1.807, 2.05) is 6.92 Å². The third-order valence-corrected chi connectivity index (χ3v) is 1.34. The predicted molar refractivity (Wildman–Crippen MR) is 56.7 cm³/mol. The fourth-order valence-corrected chi connectivity index (χ4v) is 0.570. The largest absolute Gasteiger partial charge is 0.481 e. The van der Waals surface area contributed by atoms with Gasteiger partial charge in [0.25, 0.3) is 0 Å². The molecule has 0 aliphatic heterocycles. The molecule has 0 aromatic heterocycles. The highest BCUT2D eigenvalue weighted by molar-refractivity contribution is 5.66. The van der Waals surface area contributed by atoms with Gasteiger partial charge in [-0.3, -0.25) is 4.79 Å². The third-order valence-electron chi connectivity index (χ3n) is 1.34. The zero-order valence-corrected chi connectivity index (χ0v) is 9.64. The van der Waals surface area contributed by atoms with Crippen molar-refractivity contribution in [2.75, 3.05) is 13.2 Å². The third kappa shape index (κ3) is 19.7. The van der Waals surface area contributed by atoms with Crippen molar-refractivity contribution in [3.05, 3.63) is 0 Å². The second-order valence-electron chi connectivity index (χ2n) is 3.32. The van der Waals surface area contributed by atoms with Crippen molar-refractivity contribution in [3.63, 3.8) is 0 Å². The molecule has 0 saturated heterocycles. The van der Waals surface area contributed by atoms with Crippen molar-refractivity contribution in [1.29, 1.82) is 0 Å². The fraction of sp³-hybridized carbons (Fsp3) is 0.900. The molecule has 0 aliphatic rings. The lowest BCUT2D eigenvalue weighted by Gasteiger charge is -2.10. The van der Waals surface area contributed by atoms with Gasteiger partial charge in [-0.15, -0.1) is 0 Å². The Balaban J connectivity index is 0. The highest BCUT2D eigenvalue weighted by Crippen LogP contribution is 1.90. The number of aliphatic hydroxyl groups is 2. The molecule has 0 heterocycles. The zero-order chi connectivity index (χ0) is 12.3. The molecule has 0 radical (unpaired) electrons. The Morgan fingerprint density at radius 2 is 1.93 bits per heavy atom. The van der Waals surface area contributed by atoms with E-state index in [2.05, 4.69) is 0 Å². The summed E-state index contributed by atoms with van der Waals surface area (Å²) in [5.41, 5.74) is 0. The van der Waals surface area contributed by atoms with Crippen LogP contribution in [0.2, 0.25) is 0 Å². The molecule has 0 aliphatic carbocycles. The normalized spacial score (nSPS) is 13.7. The summed E-state index contributed by atoms with van der Waals surface area (Å²) in [6, 6.07) is 0. The SMILES string of the molecule is CC(O)COC(C)CO.CCCC(=O)O. The van der Waals surface area contributed by atoms with E-state index >= 15 is 0 Å². The minimum atomic E-state index is -0.711. The lowest BCUT2D eigenvalue weighted by Crippen LogP contribution is -2.19. The summed E-state index contributed by atoms with van der Waals surface area (Å²) in [7, 11) is 0. The van der Waals surface area contributed by atoms with Gasteiger partial charge in [0, 0.05) is 6.42 Å². The van der Waals surface area contributed by atoms with Gasteiger partial charge in [0.1, 0.15) is 0 Å². The van der Waals surface area contributed by atoms with E-state index in [4.69, 9.17) is 20.1 Å². The molecule has 0 amide bonds. The Morgan fingerprint density at radius 3 is 2.13 bits per heavy atom. The van der Waals surface area contributed by atoms with Crippen LogP contribution in [0, 0.1) is 0 Å². The molecule has 15 heavy (non-hydrogen) atoms. The minimum absolute atomic E-state index is 0.00667. The molecule has 0 saturated carbocycles. The first-order chi connectivity index (χ1) is 6.93. The van der Waals surface area contributed by atoms with Gasteiger partial charge in [0.15, 0.2) is 0 Å². The highest BCUT2D eigenvalue weighted by atomic mass is 16.5. The number of hydrogen-bond acceptors (Lipinski definition) is 4. The Labute approximate surface area is 90.7 Å². The number of rotatable bonds is 6. The first kappa shape index (κ1) is 16.8. The number of aliphatic hydroxyl groups excluding tert-OH is 2. The quantitative estimate of drug-likeness (QED) is 0.613. The number of ether oxygens (including phenoxy) is 1. The Kier molecular flexibility index (Phi) is 12.8. The first-order valence-corrected chi connectivity index (χ1v) is 5.06. The van der Waals surface area contributed by atoms with Crippen LogP contribution in [0.1, 0.15) is 33.6 Å². The van der Waals surface area contributed by atoms with Crippen molar-refractivity contribution in [2.45, 2.75) is 45.8 Å². The van der Waals surface area contributed by atoms with E-state index in [0.717, 1.165) is 6.42 Å². The Morgan fingerprint density at radius 1 is 1.40 bits per heavy atom. The van der Waals surface area contributed by atoms with Gasteiger partial charge in [-0.1, -0.05) is 6.92 Å². The maximum absolute atomic E-state index is 9.60. The van der Waals surface area contributed by atoms with Crippen LogP contribution in [0.15, 0.2) is 0 Å². The minimum Gasteiger partial charge on any atom is -0.481 e. The molecule has 92 valence electrons. The summed E-state index contributed by atoms with van der Waals surface area (Å²) in [6.07, 6.45) is 0.411. The topological polar surface area (TPSA) is 87.0 Å². The number of aliphatic carboxylic acids is 1. The highest BCUT2D eigenvalue weighted by Gasteiger charge is 2.00. The van der Waals surface area contributed by atoms with Crippen LogP contribution < -0.4 is 0 Å². The Bertz CT molecular complexity index is 147. The molecule has 0 fully saturated rings. The summed E-state index contributed by atoms with van der Waals surface area (Å²) in [5.74, 6) is -0.711. The lowest BCUT2D eigenvalue weighted by molar-refractivity contribution is -0.137. The number of hydrogen-bond donors (Lipinski definition) is 3. The summed E-state index contributed by atoms with van der Waals surface area (Å²) in [4.78, 5) is 9.60. The zero-order valence-electron chi connectivity index (χ0n) is 9.64. The lowest BCUT2D eigenvalue weighted by atomic mass is 10.4. The summed E-state index contributed by atoms with van der Waals surface area (Å²) < 4.78 is 4.95. The monoisotopic (exact) mass is 222 g/mol. The second kappa shape index (κ2) is 11.4. The second-order valence-corrected chi connectivity index (χ2v) is 3.32. The molecule has 0 rings (SSSR count). The molecule has 0 aromatic carbocycles. The Hall–Kier alpha value is -0.650. The van der Waals surface area contributed by atoms with E-state index in [0.29, 0.717) is 13.0 Å². The van der Waals surface area contributed by atoms with Crippen LogP contribution in [0.5, 0.6) is 0 Å². The predicted octanol–water partition coefficient (Wildman–Crippen LogP) is 0.636. The van der Waals surface area contributed by atoms with Crippen LogP contribution in [-0.4, -0.2) is 46.7 Å². The van der Waals surface area contributed by atoms with Crippen LogP contribution >= 0.6 is 0 Å². The summed E-state index contributed by atoms with van der Waals surface area (Å²) >= 11 is 0. The van der Waals surface area contributed by atoms with Crippen LogP contribution in [0.25, 0.3) is 0 Å². The average Bonchev–Trinajstić information content (AvgIpc) is 2.14. The molecule has 0 aromatic rings. The van der Waals surface area contributed by atoms with Gasteiger partial charge in [-0.2, -0.15) is 0 Å². The number of carboxylic acid groups (broad SMARTS) is 1. The van der Waals surface area contributed by atoms with E-state index < -0.39 is 12.1 Å². The standard InChI is InChI=1S/C6H14O3.C4H8O2/c1-5(8)4-9-6(2)3-7;1-2-3-4(5)6/h5-8H,3-4H2,1-2H3;2-3H2,1H3,(H,5,6). The van der Waals surface area contributed by atoms with E-state index in [1.165, 1.54) is 0 Å². The van der Waals surface area contributed by atoms with Crippen molar-refractivity contribution < 1.29 is 24.9 Å². The molecule has 0 spiro atoms. The van der Waals surface area contributed by atoms with Crippen LogP contribution in [-0.2, 0) is 9.53 Å². The van der Waals surface area contributed by atoms with Gasteiger partial charge in [-0.05, 0) is 20.3 Å². The smallest absolute Gasteiger partial charge is 0.303 e. The van der Waals surface area contributed by atoms with Gasteiger partial charge in [0.05, 0.1) is 25.4 Å². The molecule has 2 unspecified atom stereocenters. The van der Waals surface area contributed by atoms with Crippen LogP contribution in [0.4, 0.5) is 0 Å². The van der Waals surface area contributed by atoms with E-state index in [9.17, 15) is 4.79 Å². The maximum Gasteiger partial charge on any atom is 0.303 e. The van der Waals surface area contributed by atoms with Gasteiger partial charge in [0.2, 0.25) is 0 Å². The van der Waals surface area contributed by atoms with Crippen molar-refractivity contribution in [2.24, 2.45) is 0 Å². The summed E-state index contributed by atoms with van der Waals surface area (Å²) in [5, 5.41) is 25.0. The molecule has 2 atom stereocenters. The number of carbonyl (C=O) groups is 1. The molecule has 3 N–H and O–H groups in total. The molecule has 0 bridgehead atoms. The average molecular weight is 222 g/mol. The van der Waals surface area contributed by atoms with Gasteiger partial charge >= 0.3 is 5.97 Å². The van der Waals surface area contributed by atoms with Crippen LogP contribution in [0.3, 0.4) is 0 Å². The van der Waals surface area contributed by atoms with E-state index in [-0.39, 0.29) is 12.7 Å². The summed E-state index contributed by atoms with van der Waals surface area (Å²) in [6.45, 7) is 5.54. The van der Waals surface area contributed by atoms with E-state index in [1.54, 1.807) is 13.8 Å². The molecular weight excluding hydrogens is 200 g/mol. The van der Waals surface area contributed by atoms with Crippen molar-refractivity contribution >= 4 is 5.97 Å². The number of carboxylic acids is 1. The first-order valence-electron chi connectivity index (χ1n) is 5.06. The maximum atomic E-state index is 9.60. The molecule has 5 nitrogen and oxygen atoms in total.